The number of carbonyl (C=O) groups excluding carboxylic acids is 1. The minimum absolute atomic E-state index is 0.00685. The minimum atomic E-state index is -0.126. The molecule has 0 spiro atoms. The highest BCUT2D eigenvalue weighted by Gasteiger charge is 2.17. The van der Waals surface area contributed by atoms with Crippen LogP contribution in [0.1, 0.15) is 24.3 Å². The largest absolute Gasteiger partial charge is 0.346 e. The summed E-state index contributed by atoms with van der Waals surface area (Å²) in [5.74, 6) is 0.200. The van der Waals surface area contributed by atoms with Gasteiger partial charge in [0.1, 0.15) is 5.69 Å². The van der Waals surface area contributed by atoms with Gasteiger partial charge >= 0.3 is 0 Å². The van der Waals surface area contributed by atoms with Crippen molar-refractivity contribution < 1.29 is 4.79 Å². The van der Waals surface area contributed by atoms with E-state index in [1.165, 1.54) is 0 Å². The number of aromatic nitrogens is 2. The zero-order valence-corrected chi connectivity index (χ0v) is 9.40. The van der Waals surface area contributed by atoms with Crippen molar-refractivity contribution in [2.45, 2.75) is 19.9 Å². The number of hydrogen-bond donors (Lipinski definition) is 2. The fourth-order valence-corrected chi connectivity index (χ4v) is 1.32. The molecular weight excluding hydrogens is 192 g/mol. The molecule has 1 atom stereocenters. The quantitative estimate of drug-likeness (QED) is 0.742. The second-order valence-electron chi connectivity index (χ2n) is 3.95. The minimum Gasteiger partial charge on any atom is -0.346 e. The Morgan fingerprint density at radius 2 is 2.33 bits per heavy atom. The predicted molar refractivity (Wildman–Crippen MR) is 58.4 cm³/mol. The van der Waals surface area contributed by atoms with Gasteiger partial charge in [0, 0.05) is 19.6 Å². The van der Waals surface area contributed by atoms with Gasteiger partial charge in [-0.3, -0.25) is 4.79 Å². The third-order valence-corrected chi connectivity index (χ3v) is 2.42. The molecule has 1 rings (SSSR count). The first kappa shape index (κ1) is 11.7. The van der Waals surface area contributed by atoms with Gasteiger partial charge in [-0.2, -0.15) is 0 Å². The van der Waals surface area contributed by atoms with Crippen LogP contribution >= 0.6 is 0 Å². The summed E-state index contributed by atoms with van der Waals surface area (Å²) in [6.07, 6.45) is 3.14. The van der Waals surface area contributed by atoms with Crippen LogP contribution in [0.3, 0.4) is 0 Å². The highest BCUT2D eigenvalue weighted by molar-refractivity contribution is 5.92. The van der Waals surface area contributed by atoms with Crippen LogP contribution in [0, 0.1) is 5.92 Å². The zero-order chi connectivity index (χ0) is 11.4. The predicted octanol–water partition coefficient (Wildman–Crippen LogP) is 0.133. The summed E-state index contributed by atoms with van der Waals surface area (Å²) in [5, 5.41) is 2.88. The van der Waals surface area contributed by atoms with E-state index in [0.717, 1.165) is 0 Å². The van der Waals surface area contributed by atoms with Gasteiger partial charge in [-0.25, -0.2) is 4.98 Å². The number of hydrogen-bond acceptors (Lipinski definition) is 3. The van der Waals surface area contributed by atoms with Gasteiger partial charge in [-0.15, -0.1) is 0 Å². The Kier molecular flexibility index (Phi) is 3.85. The summed E-state index contributed by atoms with van der Waals surface area (Å²) >= 11 is 0. The van der Waals surface area contributed by atoms with Crippen molar-refractivity contribution in [2.24, 2.45) is 18.7 Å². The number of nitrogens with one attached hydrogen (secondary N) is 1. The normalized spacial score (nSPS) is 12.9. The molecule has 1 amide bonds. The summed E-state index contributed by atoms with van der Waals surface area (Å²) in [7, 11) is 1.79. The molecule has 1 aromatic heterocycles. The highest BCUT2D eigenvalue weighted by atomic mass is 16.2. The summed E-state index contributed by atoms with van der Waals surface area (Å²) < 4.78 is 1.68. The molecule has 0 fully saturated rings. The van der Waals surface area contributed by atoms with Crippen molar-refractivity contribution in [3.63, 3.8) is 0 Å². The second kappa shape index (κ2) is 4.93. The topological polar surface area (TPSA) is 72.9 Å². The molecule has 0 saturated carbocycles. The molecule has 0 radical (unpaired) electrons. The number of aryl methyl sites for hydroxylation is 1. The maximum atomic E-state index is 11.8. The van der Waals surface area contributed by atoms with E-state index >= 15 is 0 Å². The Morgan fingerprint density at radius 1 is 1.67 bits per heavy atom. The van der Waals surface area contributed by atoms with Gasteiger partial charge in [0.05, 0.1) is 12.5 Å². The monoisotopic (exact) mass is 210 g/mol. The van der Waals surface area contributed by atoms with Crippen molar-refractivity contribution in [3.05, 3.63) is 18.2 Å². The average Bonchev–Trinajstić information content (AvgIpc) is 2.60. The zero-order valence-electron chi connectivity index (χ0n) is 9.40. The molecule has 0 aliphatic rings. The SMILES string of the molecule is CC(C)C(CN)NC(=O)c1cncn1C. The second-order valence-corrected chi connectivity index (χ2v) is 3.95. The summed E-state index contributed by atoms with van der Waals surface area (Å²) in [4.78, 5) is 15.7. The van der Waals surface area contributed by atoms with E-state index < -0.39 is 0 Å². The molecule has 0 saturated heterocycles. The lowest BCUT2D eigenvalue weighted by molar-refractivity contribution is 0.0919. The van der Waals surface area contributed by atoms with Crippen molar-refractivity contribution in [1.29, 1.82) is 0 Å². The van der Waals surface area contributed by atoms with Crippen molar-refractivity contribution >= 4 is 5.91 Å². The molecule has 0 bridgehead atoms. The molecule has 0 aliphatic heterocycles. The molecule has 84 valence electrons. The standard InChI is InChI=1S/C10H18N4O/c1-7(2)8(4-11)13-10(15)9-5-12-6-14(9)3/h5-8H,4,11H2,1-3H3,(H,13,15). The molecule has 15 heavy (non-hydrogen) atoms. The fraction of sp³-hybridized carbons (Fsp3) is 0.600. The van der Waals surface area contributed by atoms with E-state index in [9.17, 15) is 4.79 Å². The summed E-state index contributed by atoms with van der Waals surface area (Å²) in [6, 6.07) is 0.00685. The fourth-order valence-electron chi connectivity index (χ4n) is 1.32. The van der Waals surface area contributed by atoms with Crippen LogP contribution in [-0.4, -0.2) is 28.0 Å². The van der Waals surface area contributed by atoms with Crippen LogP contribution in [0.4, 0.5) is 0 Å². The molecule has 0 aliphatic carbocycles. The van der Waals surface area contributed by atoms with E-state index in [1.807, 2.05) is 13.8 Å². The molecule has 1 heterocycles. The van der Waals surface area contributed by atoms with Gasteiger partial charge in [0.15, 0.2) is 0 Å². The third kappa shape index (κ3) is 2.79. The van der Waals surface area contributed by atoms with Crippen LogP contribution in [-0.2, 0) is 7.05 Å². The molecule has 1 unspecified atom stereocenters. The maximum Gasteiger partial charge on any atom is 0.269 e. The first-order chi connectivity index (χ1) is 7.06. The van der Waals surface area contributed by atoms with Crippen LogP contribution in [0.15, 0.2) is 12.5 Å². The third-order valence-electron chi connectivity index (χ3n) is 2.42. The van der Waals surface area contributed by atoms with E-state index in [2.05, 4.69) is 10.3 Å². The maximum absolute atomic E-state index is 11.8. The van der Waals surface area contributed by atoms with Gasteiger partial charge in [0.25, 0.3) is 5.91 Å². The number of carbonyl (C=O) groups is 1. The van der Waals surface area contributed by atoms with Crippen molar-refractivity contribution in [3.8, 4) is 0 Å². The van der Waals surface area contributed by atoms with Gasteiger partial charge in [-0.1, -0.05) is 13.8 Å². The van der Waals surface area contributed by atoms with Crippen LogP contribution in [0.2, 0.25) is 0 Å². The van der Waals surface area contributed by atoms with Gasteiger partial charge in [0.2, 0.25) is 0 Å². The Balaban J connectivity index is 2.67. The van der Waals surface area contributed by atoms with Gasteiger partial charge < -0.3 is 15.6 Å². The number of nitrogens with two attached hydrogens (primary N) is 1. The summed E-state index contributed by atoms with van der Waals surface area (Å²) in [5.41, 5.74) is 6.13. The summed E-state index contributed by atoms with van der Waals surface area (Å²) in [6.45, 7) is 4.50. The Hall–Kier alpha value is -1.36. The molecule has 5 heteroatoms. The van der Waals surface area contributed by atoms with Crippen LogP contribution in [0.5, 0.6) is 0 Å². The number of nitrogens with zero attached hydrogens (tertiary/aromatic N) is 2. The van der Waals surface area contributed by atoms with Gasteiger partial charge in [-0.05, 0) is 5.92 Å². The lowest BCUT2D eigenvalue weighted by Crippen LogP contribution is -2.44. The molecule has 1 aromatic rings. The van der Waals surface area contributed by atoms with E-state index in [0.29, 0.717) is 18.2 Å². The number of amides is 1. The van der Waals surface area contributed by atoms with E-state index in [-0.39, 0.29) is 11.9 Å². The van der Waals surface area contributed by atoms with E-state index in [1.54, 1.807) is 24.1 Å². The molecular formula is C10H18N4O. The molecule has 0 aromatic carbocycles. The van der Waals surface area contributed by atoms with Crippen molar-refractivity contribution in [2.75, 3.05) is 6.54 Å². The Bertz CT molecular complexity index is 332. The Morgan fingerprint density at radius 3 is 2.73 bits per heavy atom. The number of rotatable bonds is 4. The molecule has 5 nitrogen and oxygen atoms in total. The highest BCUT2D eigenvalue weighted by Crippen LogP contribution is 2.02. The van der Waals surface area contributed by atoms with Crippen LogP contribution in [0.25, 0.3) is 0 Å². The smallest absolute Gasteiger partial charge is 0.269 e. The van der Waals surface area contributed by atoms with Crippen LogP contribution < -0.4 is 11.1 Å². The van der Waals surface area contributed by atoms with E-state index in [4.69, 9.17) is 5.73 Å². The lowest BCUT2D eigenvalue weighted by Gasteiger charge is -2.20. The first-order valence-corrected chi connectivity index (χ1v) is 5.03. The first-order valence-electron chi connectivity index (χ1n) is 5.03. The lowest BCUT2D eigenvalue weighted by atomic mass is 10.0. The Labute approximate surface area is 89.7 Å². The number of imidazole rings is 1. The average molecular weight is 210 g/mol. The van der Waals surface area contributed by atoms with Crippen molar-refractivity contribution in [1.82, 2.24) is 14.9 Å². The molecule has 3 N–H and O–H groups in total.